The van der Waals surface area contributed by atoms with Gasteiger partial charge in [-0.3, -0.25) is 0 Å². The Bertz CT molecular complexity index is 203. The van der Waals surface area contributed by atoms with Gasteiger partial charge in [0.2, 0.25) is 0 Å². The highest BCUT2D eigenvalue weighted by molar-refractivity contribution is 4.83. The Morgan fingerprint density at radius 3 is 2.35 bits per heavy atom. The Morgan fingerprint density at radius 1 is 1.12 bits per heavy atom. The summed E-state index contributed by atoms with van der Waals surface area (Å²) in [5, 5.41) is 0. The van der Waals surface area contributed by atoms with E-state index < -0.39 is 0 Å². The topological polar surface area (TPSA) is 29.3 Å². The van der Waals surface area contributed by atoms with E-state index in [0.29, 0.717) is 6.04 Å². The molecule has 0 amide bonds. The molecule has 1 aliphatic carbocycles. The lowest BCUT2D eigenvalue weighted by atomic mass is 9.91. The lowest BCUT2D eigenvalue weighted by Gasteiger charge is -2.37. The molecule has 102 valence electrons. The van der Waals surface area contributed by atoms with Gasteiger partial charge >= 0.3 is 0 Å². The van der Waals surface area contributed by atoms with E-state index in [9.17, 15) is 0 Å². The Labute approximate surface area is 108 Å². The first-order valence-corrected chi connectivity index (χ1v) is 7.48. The standard InChI is InChI=1S/C15H32N2/c1-12(2)10-13(3)17(4)15-9-7-5-6-8-14(15)11-16/h12-15H,5-11,16H2,1-4H3. The van der Waals surface area contributed by atoms with Crippen LogP contribution in [0.25, 0.3) is 0 Å². The number of nitrogens with two attached hydrogens (primary N) is 1. The second-order valence-corrected chi connectivity index (χ2v) is 6.35. The van der Waals surface area contributed by atoms with Crippen LogP contribution in [-0.4, -0.2) is 30.6 Å². The number of hydrogen-bond donors (Lipinski definition) is 1. The van der Waals surface area contributed by atoms with Gasteiger partial charge in [-0.2, -0.15) is 0 Å². The molecule has 17 heavy (non-hydrogen) atoms. The fourth-order valence-electron chi connectivity index (χ4n) is 3.35. The molecule has 3 atom stereocenters. The van der Waals surface area contributed by atoms with Crippen LogP contribution in [0.1, 0.15) is 59.3 Å². The number of rotatable bonds is 5. The average Bonchev–Trinajstić information content (AvgIpc) is 2.51. The van der Waals surface area contributed by atoms with Crippen molar-refractivity contribution >= 4 is 0 Å². The third-order valence-electron chi connectivity index (χ3n) is 4.45. The SMILES string of the molecule is CC(C)CC(C)N(C)C1CCCCCC1CN. The maximum Gasteiger partial charge on any atom is 0.0135 e. The van der Waals surface area contributed by atoms with Crippen LogP contribution in [-0.2, 0) is 0 Å². The van der Waals surface area contributed by atoms with Crippen LogP contribution in [0.4, 0.5) is 0 Å². The zero-order valence-corrected chi connectivity index (χ0v) is 12.3. The fraction of sp³-hybridized carbons (Fsp3) is 1.00. The molecule has 2 N–H and O–H groups in total. The summed E-state index contributed by atoms with van der Waals surface area (Å²) in [5.41, 5.74) is 5.98. The van der Waals surface area contributed by atoms with Crippen LogP contribution >= 0.6 is 0 Å². The zero-order valence-electron chi connectivity index (χ0n) is 12.3. The zero-order chi connectivity index (χ0) is 12.8. The van der Waals surface area contributed by atoms with Crippen molar-refractivity contribution in [2.75, 3.05) is 13.6 Å². The van der Waals surface area contributed by atoms with Crippen molar-refractivity contribution < 1.29 is 0 Å². The summed E-state index contributed by atoms with van der Waals surface area (Å²) in [4.78, 5) is 2.61. The Kier molecular flexibility index (Phi) is 6.50. The van der Waals surface area contributed by atoms with Crippen molar-refractivity contribution in [1.82, 2.24) is 4.90 Å². The molecule has 0 aromatic heterocycles. The number of nitrogens with zero attached hydrogens (tertiary/aromatic N) is 1. The van der Waals surface area contributed by atoms with Gasteiger partial charge in [0.1, 0.15) is 0 Å². The largest absolute Gasteiger partial charge is 0.330 e. The van der Waals surface area contributed by atoms with E-state index in [1.54, 1.807) is 0 Å². The third kappa shape index (κ3) is 4.59. The van der Waals surface area contributed by atoms with E-state index in [2.05, 4.69) is 32.7 Å². The molecule has 0 aromatic carbocycles. The average molecular weight is 240 g/mol. The fourth-order valence-corrected chi connectivity index (χ4v) is 3.35. The van der Waals surface area contributed by atoms with Gasteiger partial charge in [0, 0.05) is 12.1 Å². The molecule has 0 spiro atoms. The first-order chi connectivity index (χ1) is 8.06. The van der Waals surface area contributed by atoms with Gasteiger partial charge in [-0.15, -0.1) is 0 Å². The molecule has 0 bridgehead atoms. The summed E-state index contributed by atoms with van der Waals surface area (Å²) in [5.74, 6) is 1.51. The summed E-state index contributed by atoms with van der Waals surface area (Å²) in [6, 6.07) is 1.41. The van der Waals surface area contributed by atoms with Crippen LogP contribution < -0.4 is 5.73 Å². The third-order valence-corrected chi connectivity index (χ3v) is 4.45. The maximum atomic E-state index is 5.98. The summed E-state index contributed by atoms with van der Waals surface area (Å²) in [6.45, 7) is 7.87. The molecule has 0 aliphatic heterocycles. The van der Waals surface area contributed by atoms with E-state index in [4.69, 9.17) is 5.73 Å². The van der Waals surface area contributed by atoms with Crippen LogP contribution in [0, 0.1) is 11.8 Å². The van der Waals surface area contributed by atoms with Gasteiger partial charge < -0.3 is 10.6 Å². The van der Waals surface area contributed by atoms with Crippen molar-refractivity contribution in [2.45, 2.75) is 71.4 Å². The molecule has 0 radical (unpaired) electrons. The van der Waals surface area contributed by atoms with Gasteiger partial charge in [0.15, 0.2) is 0 Å². The predicted octanol–water partition coefficient (Wildman–Crippen LogP) is 3.26. The normalized spacial score (nSPS) is 28.4. The minimum absolute atomic E-state index is 0.687. The van der Waals surface area contributed by atoms with Crippen molar-refractivity contribution in [3.05, 3.63) is 0 Å². The molecule has 1 rings (SSSR count). The van der Waals surface area contributed by atoms with E-state index >= 15 is 0 Å². The smallest absolute Gasteiger partial charge is 0.0135 e. The first-order valence-electron chi connectivity index (χ1n) is 7.48. The molecular weight excluding hydrogens is 208 g/mol. The Balaban J connectivity index is 2.59. The molecule has 1 saturated carbocycles. The minimum atomic E-state index is 0.687. The monoisotopic (exact) mass is 240 g/mol. The van der Waals surface area contributed by atoms with Crippen molar-refractivity contribution in [3.63, 3.8) is 0 Å². The van der Waals surface area contributed by atoms with Crippen LogP contribution in [0.15, 0.2) is 0 Å². The van der Waals surface area contributed by atoms with Crippen LogP contribution in [0.3, 0.4) is 0 Å². The van der Waals surface area contributed by atoms with Crippen molar-refractivity contribution in [2.24, 2.45) is 17.6 Å². The molecule has 2 heteroatoms. The number of hydrogen-bond acceptors (Lipinski definition) is 2. The predicted molar refractivity (Wildman–Crippen MR) is 76.1 cm³/mol. The summed E-state index contributed by atoms with van der Waals surface area (Å²) >= 11 is 0. The lowest BCUT2D eigenvalue weighted by Crippen LogP contribution is -2.45. The van der Waals surface area contributed by atoms with Gasteiger partial charge in [-0.25, -0.2) is 0 Å². The highest BCUT2D eigenvalue weighted by Gasteiger charge is 2.28. The van der Waals surface area contributed by atoms with Crippen molar-refractivity contribution in [1.29, 1.82) is 0 Å². The van der Waals surface area contributed by atoms with E-state index in [1.165, 1.54) is 38.5 Å². The lowest BCUT2D eigenvalue weighted by molar-refractivity contribution is 0.114. The molecule has 2 nitrogen and oxygen atoms in total. The molecule has 3 unspecified atom stereocenters. The quantitative estimate of drug-likeness (QED) is 0.747. The summed E-state index contributed by atoms with van der Waals surface area (Å²) in [6.07, 6.45) is 8.15. The van der Waals surface area contributed by atoms with Crippen LogP contribution in [0.5, 0.6) is 0 Å². The molecule has 1 aliphatic rings. The van der Waals surface area contributed by atoms with Gasteiger partial charge in [0.25, 0.3) is 0 Å². The van der Waals surface area contributed by atoms with E-state index in [-0.39, 0.29) is 0 Å². The Hall–Kier alpha value is -0.0800. The van der Waals surface area contributed by atoms with Gasteiger partial charge in [0.05, 0.1) is 0 Å². The molecule has 0 aromatic rings. The highest BCUT2D eigenvalue weighted by atomic mass is 15.2. The molecule has 0 heterocycles. The van der Waals surface area contributed by atoms with Gasteiger partial charge in [-0.1, -0.05) is 33.1 Å². The van der Waals surface area contributed by atoms with Gasteiger partial charge in [-0.05, 0) is 51.6 Å². The second-order valence-electron chi connectivity index (χ2n) is 6.35. The molecular formula is C15H32N2. The van der Waals surface area contributed by atoms with E-state index in [1.807, 2.05) is 0 Å². The van der Waals surface area contributed by atoms with E-state index in [0.717, 1.165) is 24.4 Å². The minimum Gasteiger partial charge on any atom is -0.330 e. The van der Waals surface area contributed by atoms with Crippen LogP contribution in [0.2, 0.25) is 0 Å². The highest BCUT2D eigenvalue weighted by Crippen LogP contribution is 2.28. The maximum absolute atomic E-state index is 5.98. The second kappa shape index (κ2) is 7.38. The molecule has 1 fully saturated rings. The molecule has 0 saturated heterocycles. The Morgan fingerprint density at radius 2 is 1.76 bits per heavy atom. The summed E-state index contributed by atoms with van der Waals surface area (Å²) < 4.78 is 0. The first kappa shape index (κ1) is 15.0. The van der Waals surface area contributed by atoms with Crippen molar-refractivity contribution in [3.8, 4) is 0 Å². The summed E-state index contributed by atoms with van der Waals surface area (Å²) in [7, 11) is 2.31.